The number of carbonyl (C=O) groups is 2. The fourth-order valence-corrected chi connectivity index (χ4v) is 3.93. The van der Waals surface area contributed by atoms with E-state index in [2.05, 4.69) is 15.1 Å². The van der Waals surface area contributed by atoms with E-state index in [4.69, 9.17) is 4.74 Å². The van der Waals surface area contributed by atoms with Gasteiger partial charge in [0.2, 0.25) is 5.78 Å². The van der Waals surface area contributed by atoms with Gasteiger partial charge in [-0.05, 0) is 32.9 Å². The lowest BCUT2D eigenvalue weighted by atomic mass is 10.1. The van der Waals surface area contributed by atoms with Crippen LogP contribution in [0.4, 0.5) is 0 Å². The van der Waals surface area contributed by atoms with E-state index < -0.39 is 5.97 Å². The molecule has 0 spiro atoms. The summed E-state index contributed by atoms with van der Waals surface area (Å²) in [6.45, 7) is 5.10. The molecule has 4 aromatic heterocycles. The highest BCUT2D eigenvalue weighted by Crippen LogP contribution is 2.23. The molecule has 0 N–H and O–H groups in total. The topological polar surface area (TPSA) is 91.4 Å². The van der Waals surface area contributed by atoms with E-state index in [-0.39, 0.29) is 18.0 Å². The lowest BCUT2D eigenvalue weighted by Crippen LogP contribution is -2.15. The number of thiazole rings is 1. The molecule has 4 aromatic rings. The summed E-state index contributed by atoms with van der Waals surface area (Å²) in [5.74, 6) is -0.889. The fraction of sp³-hybridized carbons (Fsp3) is 0.211. The number of aromatic nitrogens is 5. The molecule has 4 rings (SSSR count). The number of Topliss-reactive ketones (excluding diaryl/α,β-unsaturated/α-hetero) is 1. The maximum atomic E-state index is 12.7. The predicted octanol–water partition coefficient (Wildman–Crippen LogP) is 2.94. The van der Waals surface area contributed by atoms with Crippen LogP contribution in [0.5, 0.6) is 0 Å². The highest BCUT2D eigenvalue weighted by Gasteiger charge is 2.23. The van der Waals surface area contributed by atoms with Crippen LogP contribution in [0.3, 0.4) is 0 Å². The Morgan fingerprint density at radius 3 is 2.75 bits per heavy atom. The third-order valence-corrected chi connectivity index (χ3v) is 5.21. The first-order chi connectivity index (χ1) is 13.5. The number of ether oxygens (including phenoxy) is 1. The van der Waals surface area contributed by atoms with Crippen molar-refractivity contribution in [3.8, 4) is 5.13 Å². The molecule has 0 unspecified atom stereocenters. The Morgan fingerprint density at radius 2 is 2.00 bits per heavy atom. The van der Waals surface area contributed by atoms with Crippen LogP contribution in [0.25, 0.3) is 10.8 Å². The summed E-state index contributed by atoms with van der Waals surface area (Å²) >= 11 is 1.49. The van der Waals surface area contributed by atoms with Crippen molar-refractivity contribution in [3.63, 3.8) is 0 Å². The number of hydrogen-bond acceptors (Lipinski definition) is 7. The van der Waals surface area contributed by atoms with Gasteiger partial charge in [-0.2, -0.15) is 5.10 Å². The van der Waals surface area contributed by atoms with Crippen molar-refractivity contribution in [2.75, 3.05) is 6.61 Å². The zero-order valence-corrected chi connectivity index (χ0v) is 16.4. The average molecular weight is 395 g/mol. The van der Waals surface area contributed by atoms with Gasteiger partial charge in [0.05, 0.1) is 5.69 Å². The van der Waals surface area contributed by atoms with Crippen LogP contribution in [-0.4, -0.2) is 42.5 Å². The third kappa shape index (κ3) is 2.99. The van der Waals surface area contributed by atoms with Gasteiger partial charge in [0.25, 0.3) is 0 Å². The molecule has 0 fully saturated rings. The van der Waals surface area contributed by atoms with E-state index in [0.29, 0.717) is 16.9 Å². The lowest BCUT2D eigenvalue weighted by molar-refractivity contribution is 0.0475. The number of nitrogens with zero attached hydrogens (tertiary/aromatic N) is 5. The van der Waals surface area contributed by atoms with Crippen molar-refractivity contribution in [1.82, 2.24) is 24.1 Å². The first kappa shape index (κ1) is 18.1. The number of fused-ring (bicyclic) bond motifs is 1. The maximum Gasteiger partial charge on any atom is 0.344 e. The van der Waals surface area contributed by atoms with Gasteiger partial charge in [0.1, 0.15) is 5.56 Å². The summed E-state index contributed by atoms with van der Waals surface area (Å²) < 4.78 is 8.71. The number of carbonyl (C=O) groups excluding carboxylic acids is 2. The Morgan fingerprint density at radius 1 is 1.18 bits per heavy atom. The van der Waals surface area contributed by atoms with Gasteiger partial charge in [0.15, 0.2) is 17.4 Å². The van der Waals surface area contributed by atoms with Gasteiger partial charge in [-0.15, -0.1) is 11.3 Å². The summed E-state index contributed by atoms with van der Waals surface area (Å²) in [7, 11) is 0. The van der Waals surface area contributed by atoms with Crippen LogP contribution in [0.1, 0.15) is 37.8 Å². The van der Waals surface area contributed by atoms with Crippen LogP contribution in [0.15, 0.2) is 36.1 Å². The molecule has 4 heterocycles. The van der Waals surface area contributed by atoms with E-state index >= 15 is 0 Å². The van der Waals surface area contributed by atoms with E-state index in [0.717, 1.165) is 16.5 Å². The fourth-order valence-electron chi connectivity index (χ4n) is 3.18. The van der Waals surface area contributed by atoms with Crippen molar-refractivity contribution in [1.29, 1.82) is 0 Å². The Bertz CT molecular complexity index is 1190. The molecule has 0 aromatic carbocycles. The van der Waals surface area contributed by atoms with Gasteiger partial charge in [0, 0.05) is 40.9 Å². The number of ketones is 1. The molecule has 9 heteroatoms. The summed E-state index contributed by atoms with van der Waals surface area (Å²) in [5.41, 5.74) is 3.33. The minimum atomic E-state index is -0.617. The Labute approximate surface area is 164 Å². The number of aryl methyl sites for hydroxylation is 2. The molecule has 0 saturated heterocycles. The smallest absolute Gasteiger partial charge is 0.344 e. The predicted molar refractivity (Wildman–Crippen MR) is 103 cm³/mol. The highest BCUT2D eigenvalue weighted by molar-refractivity contribution is 7.12. The normalized spacial score (nSPS) is 11.1. The van der Waals surface area contributed by atoms with Crippen LogP contribution in [0, 0.1) is 20.8 Å². The Kier molecular flexibility index (Phi) is 4.52. The first-order valence-corrected chi connectivity index (χ1v) is 9.44. The Balaban J connectivity index is 1.54. The molecule has 8 nitrogen and oxygen atoms in total. The summed E-state index contributed by atoms with van der Waals surface area (Å²) in [6, 6.07) is 3.51. The minimum absolute atomic E-state index is 0.265. The third-order valence-electron chi connectivity index (χ3n) is 4.45. The largest absolute Gasteiger partial charge is 0.454 e. The zero-order chi connectivity index (χ0) is 19.8. The van der Waals surface area contributed by atoms with Crippen molar-refractivity contribution in [3.05, 3.63) is 64.3 Å². The average Bonchev–Trinajstić information content (AvgIpc) is 3.36. The van der Waals surface area contributed by atoms with Crippen LogP contribution >= 0.6 is 11.3 Å². The molecule has 28 heavy (non-hydrogen) atoms. The summed E-state index contributed by atoms with van der Waals surface area (Å²) in [5, 5.41) is 6.91. The molecule has 0 atom stereocenters. The highest BCUT2D eigenvalue weighted by atomic mass is 32.1. The molecule has 0 bridgehead atoms. The zero-order valence-electron chi connectivity index (χ0n) is 15.5. The second kappa shape index (κ2) is 7.01. The van der Waals surface area contributed by atoms with Crippen molar-refractivity contribution in [2.45, 2.75) is 20.8 Å². The molecule has 0 aliphatic carbocycles. The van der Waals surface area contributed by atoms with Gasteiger partial charge >= 0.3 is 5.97 Å². The molecule has 0 amide bonds. The van der Waals surface area contributed by atoms with Gasteiger partial charge in [-0.1, -0.05) is 0 Å². The monoisotopic (exact) mass is 395 g/mol. The van der Waals surface area contributed by atoms with E-state index in [1.165, 1.54) is 15.9 Å². The number of hydrogen-bond donors (Lipinski definition) is 0. The van der Waals surface area contributed by atoms with E-state index in [9.17, 15) is 9.59 Å². The van der Waals surface area contributed by atoms with Crippen LogP contribution in [0.2, 0.25) is 0 Å². The second-order valence-electron chi connectivity index (χ2n) is 6.28. The molecule has 0 radical (unpaired) electrons. The first-order valence-electron chi connectivity index (χ1n) is 8.56. The van der Waals surface area contributed by atoms with E-state index in [1.807, 2.05) is 23.8 Å². The van der Waals surface area contributed by atoms with Gasteiger partial charge in [-0.25, -0.2) is 19.3 Å². The molecule has 142 valence electrons. The van der Waals surface area contributed by atoms with Gasteiger partial charge < -0.3 is 4.74 Å². The van der Waals surface area contributed by atoms with Crippen molar-refractivity contribution in [2.24, 2.45) is 0 Å². The minimum Gasteiger partial charge on any atom is -0.454 e. The second-order valence-corrected chi connectivity index (χ2v) is 7.16. The van der Waals surface area contributed by atoms with Crippen LogP contribution in [-0.2, 0) is 4.74 Å². The SMILES string of the molecule is Cc1nn2cccnc2c1C(=O)OCC(=O)c1cc(C)n(-c2nccs2)c1C. The standard InChI is InChI=1S/C19H17N5O3S/c1-11-9-14(13(3)24(11)19-21-6-8-28-19)15(25)10-27-18(26)16-12(2)22-23-7-4-5-20-17(16)23/h4-9H,10H2,1-3H3. The summed E-state index contributed by atoms with van der Waals surface area (Å²) in [4.78, 5) is 33.7. The quantitative estimate of drug-likeness (QED) is 0.381. The van der Waals surface area contributed by atoms with E-state index in [1.54, 1.807) is 37.6 Å². The molecular formula is C19H17N5O3S. The summed E-state index contributed by atoms with van der Waals surface area (Å²) in [6.07, 6.45) is 4.99. The maximum absolute atomic E-state index is 12.7. The van der Waals surface area contributed by atoms with Crippen LogP contribution < -0.4 is 0 Å². The molecule has 0 aliphatic rings. The lowest BCUT2D eigenvalue weighted by Gasteiger charge is -2.06. The molecule has 0 saturated carbocycles. The number of esters is 1. The Hall–Kier alpha value is -3.33. The molecular weight excluding hydrogens is 378 g/mol. The van der Waals surface area contributed by atoms with Crippen molar-refractivity contribution < 1.29 is 14.3 Å². The van der Waals surface area contributed by atoms with Crippen molar-refractivity contribution >= 4 is 28.7 Å². The molecule has 0 aliphatic heterocycles. The number of rotatable bonds is 5. The van der Waals surface area contributed by atoms with Gasteiger partial charge in [-0.3, -0.25) is 9.36 Å².